The van der Waals surface area contributed by atoms with E-state index in [2.05, 4.69) is 49.6 Å². The fraction of sp³-hybridized carbons (Fsp3) is 0.278. The summed E-state index contributed by atoms with van der Waals surface area (Å²) in [6, 6.07) is 16.8. The Morgan fingerprint density at radius 3 is 2.38 bits per heavy atom. The van der Waals surface area contributed by atoms with Crippen molar-refractivity contribution in [3.63, 3.8) is 0 Å². The van der Waals surface area contributed by atoms with Crippen LogP contribution >= 0.6 is 12.2 Å². The summed E-state index contributed by atoms with van der Waals surface area (Å²) in [6.45, 7) is 6.44. The highest BCUT2D eigenvalue weighted by Gasteiger charge is 2.11. The Kier molecular flexibility index (Phi) is 5.34. The molecule has 0 aliphatic rings. The normalized spacial score (nSPS) is 11.8. The Labute approximate surface area is 132 Å². The van der Waals surface area contributed by atoms with Crippen LogP contribution in [0.5, 0.6) is 0 Å². The van der Waals surface area contributed by atoms with Crippen molar-refractivity contribution in [2.45, 2.75) is 33.2 Å². The lowest BCUT2D eigenvalue weighted by Gasteiger charge is -2.21. The standard InChI is InChI=1S/C18H22N2S/c1-4-17(15-11-10-13(2)14(3)12-15)20-18(21)19-16-8-6-5-7-9-16/h5-12,17H,4H2,1-3H3,(H2,19,20,21)/t17-/m1/s1. The molecule has 0 amide bonds. The molecule has 1 atom stereocenters. The number of rotatable bonds is 4. The maximum atomic E-state index is 5.41. The zero-order chi connectivity index (χ0) is 15.2. The third-order valence-corrected chi connectivity index (χ3v) is 3.90. The first-order chi connectivity index (χ1) is 10.1. The van der Waals surface area contributed by atoms with E-state index in [4.69, 9.17) is 12.2 Å². The van der Waals surface area contributed by atoms with Crippen molar-refractivity contribution in [2.24, 2.45) is 0 Å². The molecule has 0 fully saturated rings. The summed E-state index contributed by atoms with van der Waals surface area (Å²) in [5, 5.41) is 7.28. The van der Waals surface area contributed by atoms with E-state index in [1.54, 1.807) is 0 Å². The fourth-order valence-electron chi connectivity index (χ4n) is 2.25. The van der Waals surface area contributed by atoms with E-state index in [1.165, 1.54) is 16.7 Å². The second kappa shape index (κ2) is 7.23. The lowest BCUT2D eigenvalue weighted by atomic mass is 9.99. The Bertz CT molecular complexity index is 608. The Morgan fingerprint density at radius 1 is 1.05 bits per heavy atom. The Balaban J connectivity index is 2.04. The molecule has 2 rings (SSSR count). The van der Waals surface area contributed by atoms with Gasteiger partial charge in [0.25, 0.3) is 0 Å². The molecule has 0 unspecified atom stereocenters. The van der Waals surface area contributed by atoms with Gasteiger partial charge in [-0.25, -0.2) is 0 Å². The number of hydrogen-bond donors (Lipinski definition) is 2. The van der Waals surface area contributed by atoms with E-state index in [9.17, 15) is 0 Å². The third kappa shape index (κ3) is 4.30. The summed E-state index contributed by atoms with van der Waals surface area (Å²) in [7, 11) is 0. The minimum atomic E-state index is 0.230. The van der Waals surface area contributed by atoms with Gasteiger partial charge in [-0.15, -0.1) is 0 Å². The lowest BCUT2D eigenvalue weighted by molar-refractivity contribution is 0.628. The highest BCUT2D eigenvalue weighted by molar-refractivity contribution is 7.80. The van der Waals surface area contributed by atoms with Crippen LogP contribution in [0.4, 0.5) is 5.69 Å². The van der Waals surface area contributed by atoms with Crippen molar-refractivity contribution in [2.75, 3.05) is 5.32 Å². The molecule has 2 N–H and O–H groups in total. The zero-order valence-electron chi connectivity index (χ0n) is 12.8. The molecule has 110 valence electrons. The fourth-order valence-corrected chi connectivity index (χ4v) is 2.51. The monoisotopic (exact) mass is 298 g/mol. The van der Waals surface area contributed by atoms with Crippen molar-refractivity contribution in [1.29, 1.82) is 0 Å². The quantitative estimate of drug-likeness (QED) is 0.797. The molecule has 2 aromatic carbocycles. The molecule has 0 saturated carbocycles. The topological polar surface area (TPSA) is 24.1 Å². The third-order valence-electron chi connectivity index (χ3n) is 3.68. The maximum absolute atomic E-state index is 5.41. The first-order valence-electron chi connectivity index (χ1n) is 7.30. The highest BCUT2D eigenvalue weighted by Crippen LogP contribution is 2.20. The van der Waals surface area contributed by atoms with Gasteiger partial charge in [-0.1, -0.05) is 43.3 Å². The molecule has 0 spiro atoms. The van der Waals surface area contributed by atoms with Crippen LogP contribution in [0.1, 0.15) is 36.1 Å². The molecule has 0 bridgehead atoms. The largest absolute Gasteiger partial charge is 0.356 e. The minimum absolute atomic E-state index is 0.230. The van der Waals surface area contributed by atoms with E-state index >= 15 is 0 Å². The molecular weight excluding hydrogens is 276 g/mol. The van der Waals surface area contributed by atoms with Crippen LogP contribution in [0.2, 0.25) is 0 Å². The summed E-state index contributed by atoms with van der Waals surface area (Å²) in [4.78, 5) is 0. The predicted octanol–water partition coefficient (Wildman–Crippen LogP) is 4.74. The van der Waals surface area contributed by atoms with Gasteiger partial charge in [-0.05, 0) is 61.3 Å². The van der Waals surface area contributed by atoms with Crippen molar-refractivity contribution in [1.82, 2.24) is 5.32 Å². The Hall–Kier alpha value is -1.87. The molecule has 0 aliphatic carbocycles. The molecular formula is C18H22N2S. The van der Waals surface area contributed by atoms with Gasteiger partial charge in [0.1, 0.15) is 0 Å². The molecule has 0 aliphatic heterocycles. The predicted molar refractivity (Wildman–Crippen MR) is 94.7 cm³/mol. The van der Waals surface area contributed by atoms with Crippen molar-refractivity contribution < 1.29 is 0 Å². The van der Waals surface area contributed by atoms with E-state index in [0.717, 1.165) is 12.1 Å². The molecule has 0 radical (unpaired) electrons. The molecule has 0 saturated heterocycles. The van der Waals surface area contributed by atoms with Crippen molar-refractivity contribution in [3.8, 4) is 0 Å². The lowest BCUT2D eigenvalue weighted by Crippen LogP contribution is -2.32. The summed E-state index contributed by atoms with van der Waals surface area (Å²) in [5.41, 5.74) is 4.91. The minimum Gasteiger partial charge on any atom is -0.356 e. The van der Waals surface area contributed by atoms with Crippen LogP contribution in [0.3, 0.4) is 0 Å². The van der Waals surface area contributed by atoms with Gasteiger partial charge in [-0.3, -0.25) is 0 Å². The maximum Gasteiger partial charge on any atom is 0.171 e. The number of anilines is 1. The smallest absolute Gasteiger partial charge is 0.171 e. The highest BCUT2D eigenvalue weighted by atomic mass is 32.1. The second-order valence-electron chi connectivity index (χ2n) is 5.27. The Morgan fingerprint density at radius 2 is 1.76 bits per heavy atom. The van der Waals surface area contributed by atoms with Crippen LogP contribution in [-0.4, -0.2) is 5.11 Å². The van der Waals surface area contributed by atoms with E-state index < -0.39 is 0 Å². The first-order valence-corrected chi connectivity index (χ1v) is 7.70. The van der Waals surface area contributed by atoms with Gasteiger partial charge in [0.2, 0.25) is 0 Å². The molecule has 21 heavy (non-hydrogen) atoms. The van der Waals surface area contributed by atoms with Crippen LogP contribution in [0.25, 0.3) is 0 Å². The number of nitrogens with one attached hydrogen (secondary N) is 2. The van der Waals surface area contributed by atoms with Gasteiger partial charge in [0, 0.05) is 5.69 Å². The number of benzene rings is 2. The number of para-hydroxylation sites is 1. The molecule has 2 nitrogen and oxygen atoms in total. The molecule has 0 heterocycles. The number of aryl methyl sites for hydroxylation is 2. The van der Waals surface area contributed by atoms with Crippen molar-refractivity contribution >= 4 is 23.0 Å². The van der Waals surface area contributed by atoms with Crippen LogP contribution in [-0.2, 0) is 0 Å². The van der Waals surface area contributed by atoms with E-state index in [-0.39, 0.29) is 6.04 Å². The van der Waals surface area contributed by atoms with Crippen LogP contribution in [0.15, 0.2) is 48.5 Å². The summed E-state index contributed by atoms with van der Waals surface area (Å²) < 4.78 is 0. The van der Waals surface area contributed by atoms with Gasteiger partial charge >= 0.3 is 0 Å². The van der Waals surface area contributed by atoms with Gasteiger partial charge in [0.05, 0.1) is 6.04 Å². The summed E-state index contributed by atoms with van der Waals surface area (Å²) in [6.07, 6.45) is 0.985. The number of hydrogen-bond acceptors (Lipinski definition) is 1. The molecule has 2 aromatic rings. The number of thiocarbonyl (C=S) groups is 1. The average molecular weight is 298 g/mol. The molecule has 3 heteroatoms. The summed E-state index contributed by atoms with van der Waals surface area (Å²) >= 11 is 5.41. The zero-order valence-corrected chi connectivity index (χ0v) is 13.6. The summed E-state index contributed by atoms with van der Waals surface area (Å²) in [5.74, 6) is 0. The SMILES string of the molecule is CC[C@@H](NC(=S)Nc1ccccc1)c1ccc(C)c(C)c1. The van der Waals surface area contributed by atoms with E-state index in [0.29, 0.717) is 5.11 Å². The van der Waals surface area contributed by atoms with Crippen molar-refractivity contribution in [3.05, 3.63) is 65.2 Å². The first kappa shape index (κ1) is 15.5. The van der Waals surface area contributed by atoms with Gasteiger partial charge in [0.15, 0.2) is 5.11 Å². The average Bonchev–Trinajstić information content (AvgIpc) is 2.49. The van der Waals surface area contributed by atoms with Gasteiger partial charge < -0.3 is 10.6 Å². The second-order valence-corrected chi connectivity index (χ2v) is 5.68. The van der Waals surface area contributed by atoms with Crippen LogP contribution in [0, 0.1) is 13.8 Å². The molecule has 0 aromatic heterocycles. The van der Waals surface area contributed by atoms with Crippen LogP contribution < -0.4 is 10.6 Å². The van der Waals surface area contributed by atoms with Gasteiger partial charge in [-0.2, -0.15) is 0 Å². The van der Waals surface area contributed by atoms with E-state index in [1.807, 2.05) is 30.3 Å².